The van der Waals surface area contributed by atoms with E-state index in [2.05, 4.69) is 9.65 Å². The Morgan fingerprint density at radius 1 is 1.45 bits per heavy atom. The topological polar surface area (TPSA) is 60.7 Å². The molecule has 1 unspecified atom stereocenters. The maximum atomic E-state index is 11.9. The van der Waals surface area contributed by atoms with E-state index in [1.165, 1.54) is 0 Å². The lowest BCUT2D eigenvalue weighted by Crippen LogP contribution is -2.27. The lowest BCUT2D eigenvalue weighted by molar-refractivity contribution is -0.137. The number of carbonyl (C=O) groups excluding carboxylic acids is 1. The Morgan fingerprint density at radius 2 is 2.05 bits per heavy atom. The van der Waals surface area contributed by atoms with E-state index in [4.69, 9.17) is 4.74 Å². The SMILES string of the molecule is CCOC(=O)C1=CC(n2c(C)ccc2C)=S1B(I)N=O. The zero-order valence-electron chi connectivity index (χ0n) is 11.4. The Kier molecular flexibility index (Phi) is 4.84. The van der Waals surface area contributed by atoms with E-state index in [-0.39, 0.29) is 5.97 Å². The van der Waals surface area contributed by atoms with Crippen LogP contribution in [0.2, 0.25) is 0 Å². The molecule has 0 radical (unpaired) electrons. The number of ether oxygens (including phenoxy) is 1. The smallest absolute Gasteiger partial charge is 0.462 e. The van der Waals surface area contributed by atoms with Crippen molar-refractivity contribution >= 4 is 47.6 Å². The van der Waals surface area contributed by atoms with Crippen molar-refractivity contribution in [3.63, 3.8) is 0 Å². The summed E-state index contributed by atoms with van der Waals surface area (Å²) < 4.78 is 6.59. The van der Waals surface area contributed by atoms with E-state index in [0.717, 1.165) is 16.4 Å². The fraction of sp³-hybridized carbons (Fsp3) is 0.333. The molecule has 0 bridgehead atoms. The molecule has 106 valence electrons. The summed E-state index contributed by atoms with van der Waals surface area (Å²) in [6.07, 6.45) is 1.80. The monoisotopic (exact) mass is 404 g/mol. The summed E-state index contributed by atoms with van der Waals surface area (Å²) in [6.45, 7) is 6.08. The van der Waals surface area contributed by atoms with Gasteiger partial charge >= 0.3 is 9.95 Å². The van der Waals surface area contributed by atoms with Crippen LogP contribution in [0.4, 0.5) is 0 Å². The highest BCUT2D eigenvalue weighted by molar-refractivity contribution is 14.1. The summed E-state index contributed by atoms with van der Waals surface area (Å²) in [7, 11) is -0.625. The predicted molar refractivity (Wildman–Crippen MR) is 92.2 cm³/mol. The minimum atomic E-state index is -0.625. The number of aromatic nitrogens is 1. The van der Waals surface area contributed by atoms with Crippen molar-refractivity contribution in [3.8, 4) is 0 Å². The van der Waals surface area contributed by atoms with Gasteiger partial charge in [-0.3, -0.25) is 0 Å². The van der Waals surface area contributed by atoms with Crippen LogP contribution in [0.3, 0.4) is 0 Å². The molecule has 1 aromatic rings. The summed E-state index contributed by atoms with van der Waals surface area (Å²) in [5, 5.41) is 3.09. The summed E-state index contributed by atoms with van der Waals surface area (Å²) in [5.74, 6) is -0.354. The van der Waals surface area contributed by atoms with Gasteiger partial charge in [0, 0.05) is 11.4 Å². The molecule has 1 aliphatic rings. The zero-order valence-corrected chi connectivity index (χ0v) is 14.4. The first-order chi connectivity index (χ1) is 9.51. The minimum absolute atomic E-state index is 0.324. The standard InChI is InChI=1S/C12H14BIN2O3S/c1-4-19-12(17)10-7-11(20(10)13(14)15-18)16-8(2)5-6-9(16)3/h5-7H,4H2,1-3H3. The highest BCUT2D eigenvalue weighted by atomic mass is 127. The molecular formula is C12H14BIN2O3S. The number of nitrogens with zero attached hydrogens (tertiary/aromatic N) is 2. The fourth-order valence-electron chi connectivity index (χ4n) is 2.07. The van der Waals surface area contributed by atoms with Gasteiger partial charge in [-0.15, -0.1) is 15.4 Å². The van der Waals surface area contributed by atoms with Gasteiger partial charge in [0.25, 0.3) is 0 Å². The van der Waals surface area contributed by atoms with Crippen molar-refractivity contribution in [1.82, 2.24) is 4.57 Å². The molecule has 2 heterocycles. The van der Waals surface area contributed by atoms with Crippen molar-refractivity contribution in [2.45, 2.75) is 20.8 Å². The van der Waals surface area contributed by atoms with Crippen LogP contribution < -0.4 is 0 Å². The molecule has 20 heavy (non-hydrogen) atoms. The number of nitroso groups, excluding NO2 is 1. The molecule has 0 aliphatic carbocycles. The first kappa shape index (κ1) is 15.5. The summed E-state index contributed by atoms with van der Waals surface area (Å²) in [6, 6.07) is 4.02. The van der Waals surface area contributed by atoms with Crippen molar-refractivity contribution in [2.75, 3.05) is 6.61 Å². The summed E-state index contributed by atoms with van der Waals surface area (Å²) in [5.41, 5.74) is 2.15. The molecule has 1 atom stereocenters. The molecule has 0 saturated carbocycles. The summed E-state index contributed by atoms with van der Waals surface area (Å²) in [4.78, 5) is 24.3. The van der Waals surface area contributed by atoms with Crippen LogP contribution in [-0.4, -0.2) is 26.1 Å². The van der Waals surface area contributed by atoms with E-state index in [9.17, 15) is 9.70 Å². The van der Waals surface area contributed by atoms with Gasteiger partial charge in [-0.1, -0.05) is 22.4 Å². The van der Waals surface area contributed by atoms with E-state index < -0.39 is 14.3 Å². The molecule has 0 aromatic carbocycles. The maximum absolute atomic E-state index is 11.9. The van der Waals surface area contributed by atoms with E-state index in [0.29, 0.717) is 11.5 Å². The van der Waals surface area contributed by atoms with Crippen molar-refractivity contribution in [2.24, 2.45) is 5.09 Å². The normalized spacial score (nSPS) is 17.3. The van der Waals surface area contributed by atoms with Gasteiger partial charge in [0.05, 0.1) is 16.5 Å². The number of hydrogen-bond acceptors (Lipinski definition) is 4. The number of carbonyl (C=O) groups is 1. The van der Waals surface area contributed by atoms with Crippen LogP contribution in [0.25, 0.3) is 0 Å². The number of aryl methyl sites for hydroxylation is 2. The first-order valence-electron chi connectivity index (χ1n) is 6.12. The Labute approximate surface area is 133 Å². The van der Waals surface area contributed by atoms with E-state index in [1.54, 1.807) is 13.0 Å². The van der Waals surface area contributed by atoms with Crippen LogP contribution in [0.5, 0.6) is 0 Å². The number of rotatable bonds is 4. The van der Waals surface area contributed by atoms with E-state index >= 15 is 0 Å². The Balaban J connectivity index is 2.43. The molecular weight excluding hydrogens is 390 g/mol. The molecule has 0 amide bonds. The lowest BCUT2D eigenvalue weighted by atomic mass is 10.4. The van der Waals surface area contributed by atoms with Crippen LogP contribution in [-0.2, 0) is 9.53 Å². The third kappa shape index (κ3) is 2.63. The average molecular weight is 404 g/mol. The highest BCUT2D eigenvalue weighted by Gasteiger charge is 2.35. The maximum Gasteiger partial charge on any atom is 0.471 e. The second-order valence-corrected chi connectivity index (χ2v) is 8.26. The molecule has 1 aromatic heterocycles. The minimum Gasteiger partial charge on any atom is -0.462 e. The Bertz CT molecular complexity index is 619. The van der Waals surface area contributed by atoms with Crippen molar-refractivity contribution in [3.05, 3.63) is 39.4 Å². The van der Waals surface area contributed by atoms with Crippen molar-refractivity contribution < 1.29 is 9.53 Å². The van der Waals surface area contributed by atoms with Crippen LogP contribution >= 0.6 is 32.7 Å². The van der Waals surface area contributed by atoms with Gasteiger partial charge in [0.1, 0.15) is 0 Å². The average Bonchev–Trinajstić information content (AvgIpc) is 2.69. The first-order valence-corrected chi connectivity index (χ1v) is 8.65. The van der Waals surface area contributed by atoms with Gasteiger partial charge in [0.2, 0.25) is 0 Å². The molecule has 0 saturated heterocycles. The predicted octanol–water partition coefficient (Wildman–Crippen LogP) is 3.00. The van der Waals surface area contributed by atoms with Gasteiger partial charge in [-0.25, -0.2) is 4.79 Å². The molecule has 0 N–H and O–H groups in total. The number of hydrogen-bond donors (Lipinski definition) is 0. The third-order valence-corrected chi connectivity index (χ3v) is 6.70. The van der Waals surface area contributed by atoms with Crippen LogP contribution in [0.15, 0.2) is 28.2 Å². The van der Waals surface area contributed by atoms with E-state index in [1.807, 2.05) is 48.4 Å². The second-order valence-electron chi connectivity index (χ2n) is 4.25. The van der Waals surface area contributed by atoms with Gasteiger partial charge in [-0.2, -0.15) is 4.91 Å². The number of esters is 1. The summed E-state index contributed by atoms with van der Waals surface area (Å²) >= 11 is 1.97. The lowest BCUT2D eigenvalue weighted by Gasteiger charge is -2.26. The molecule has 2 rings (SSSR count). The fourth-order valence-corrected chi connectivity index (χ4v) is 5.42. The molecule has 0 spiro atoms. The molecule has 1 aliphatic heterocycles. The molecule has 0 fully saturated rings. The Hall–Kier alpha value is -0.895. The zero-order chi connectivity index (χ0) is 14.9. The van der Waals surface area contributed by atoms with Gasteiger partial charge < -0.3 is 9.30 Å². The molecule has 5 nitrogen and oxygen atoms in total. The van der Waals surface area contributed by atoms with Gasteiger partial charge in [-0.05, 0) is 39.0 Å². The largest absolute Gasteiger partial charge is 0.471 e. The third-order valence-electron chi connectivity index (χ3n) is 2.96. The van der Waals surface area contributed by atoms with Crippen molar-refractivity contribution in [1.29, 1.82) is 0 Å². The number of halogens is 1. The van der Waals surface area contributed by atoms with Gasteiger partial charge in [0.15, 0.2) is 0 Å². The van der Waals surface area contributed by atoms with Crippen LogP contribution in [0, 0.1) is 18.8 Å². The quantitative estimate of drug-likeness (QED) is 0.255. The molecule has 8 heteroatoms. The number of allylic oxidation sites excluding steroid dienone is 1. The van der Waals surface area contributed by atoms with Crippen LogP contribution in [0.1, 0.15) is 18.3 Å². The Morgan fingerprint density at radius 3 is 2.55 bits per heavy atom. The highest BCUT2D eigenvalue weighted by Crippen LogP contribution is 2.42. The second kappa shape index (κ2) is 6.25.